The minimum atomic E-state index is -0.943. The standard InChI is InChI=1S/C23H27NO4/c1-16-10-18(12-21(11-16)27-2)23(26)13-19-8-9-20(14-23)24(19)22(25)28-15-17-6-4-3-5-7-17/h3-7,10-12,19-20,26H,8-9,13-15H2,1-2H3. The molecule has 1 N–H and O–H groups in total. The van der Waals surface area contributed by atoms with Gasteiger partial charge in [0.1, 0.15) is 12.4 Å². The lowest BCUT2D eigenvalue weighted by atomic mass is 9.80. The Morgan fingerprint density at radius 1 is 1.14 bits per heavy atom. The van der Waals surface area contributed by atoms with Crippen molar-refractivity contribution >= 4 is 6.09 Å². The fourth-order valence-electron chi connectivity index (χ4n) is 4.69. The minimum Gasteiger partial charge on any atom is -0.497 e. The average Bonchev–Trinajstić information content (AvgIpc) is 2.98. The first-order chi connectivity index (χ1) is 13.5. The normalized spacial score (nSPS) is 26.2. The number of methoxy groups -OCH3 is 1. The van der Waals surface area contributed by atoms with Crippen LogP contribution in [0.4, 0.5) is 4.79 Å². The predicted molar refractivity (Wildman–Crippen MR) is 106 cm³/mol. The number of rotatable bonds is 4. The van der Waals surface area contributed by atoms with E-state index in [1.165, 1.54) is 0 Å². The zero-order valence-electron chi connectivity index (χ0n) is 16.4. The molecule has 4 rings (SSSR count). The summed E-state index contributed by atoms with van der Waals surface area (Å²) in [4.78, 5) is 14.6. The molecule has 1 amide bonds. The van der Waals surface area contributed by atoms with Crippen LogP contribution in [0.2, 0.25) is 0 Å². The van der Waals surface area contributed by atoms with E-state index in [9.17, 15) is 9.90 Å². The molecule has 0 radical (unpaired) electrons. The van der Waals surface area contributed by atoms with Crippen molar-refractivity contribution in [1.82, 2.24) is 4.90 Å². The van der Waals surface area contributed by atoms with Crippen LogP contribution in [0.15, 0.2) is 48.5 Å². The highest BCUT2D eigenvalue weighted by Gasteiger charge is 2.50. The van der Waals surface area contributed by atoms with Crippen LogP contribution in [-0.4, -0.2) is 35.3 Å². The Bertz CT molecular complexity index is 837. The summed E-state index contributed by atoms with van der Waals surface area (Å²) in [7, 11) is 1.64. The van der Waals surface area contributed by atoms with Gasteiger partial charge < -0.3 is 19.5 Å². The molecule has 5 nitrogen and oxygen atoms in total. The first-order valence-electron chi connectivity index (χ1n) is 9.86. The second kappa shape index (κ2) is 7.47. The van der Waals surface area contributed by atoms with Crippen molar-refractivity contribution in [3.8, 4) is 5.75 Å². The van der Waals surface area contributed by atoms with Crippen molar-refractivity contribution in [1.29, 1.82) is 0 Å². The van der Waals surface area contributed by atoms with Crippen LogP contribution in [-0.2, 0) is 16.9 Å². The molecule has 2 atom stereocenters. The summed E-state index contributed by atoms with van der Waals surface area (Å²) in [5.41, 5.74) is 1.96. The van der Waals surface area contributed by atoms with E-state index < -0.39 is 5.60 Å². The van der Waals surface area contributed by atoms with Gasteiger partial charge in [-0.1, -0.05) is 36.4 Å². The van der Waals surface area contributed by atoms with Crippen molar-refractivity contribution in [2.75, 3.05) is 7.11 Å². The Morgan fingerprint density at radius 3 is 2.46 bits per heavy atom. The molecule has 2 aromatic rings. The maximum absolute atomic E-state index is 12.7. The largest absolute Gasteiger partial charge is 0.497 e. The van der Waals surface area contributed by atoms with E-state index in [0.29, 0.717) is 12.8 Å². The van der Waals surface area contributed by atoms with Gasteiger partial charge in [-0.05, 0) is 48.6 Å². The van der Waals surface area contributed by atoms with Gasteiger partial charge in [-0.15, -0.1) is 0 Å². The maximum atomic E-state index is 12.7. The van der Waals surface area contributed by atoms with E-state index in [1.54, 1.807) is 7.11 Å². The van der Waals surface area contributed by atoms with Gasteiger partial charge in [0.15, 0.2) is 0 Å². The number of carbonyl (C=O) groups excluding carboxylic acids is 1. The third-order valence-corrected chi connectivity index (χ3v) is 6.01. The Morgan fingerprint density at radius 2 is 1.82 bits per heavy atom. The van der Waals surface area contributed by atoms with E-state index in [1.807, 2.05) is 60.4 Å². The van der Waals surface area contributed by atoms with Crippen LogP contribution in [0.3, 0.4) is 0 Å². The summed E-state index contributed by atoms with van der Waals surface area (Å²) in [5.74, 6) is 0.750. The molecule has 2 aliphatic rings. The summed E-state index contributed by atoms with van der Waals surface area (Å²) >= 11 is 0. The van der Waals surface area contributed by atoms with Crippen molar-refractivity contribution in [2.24, 2.45) is 0 Å². The van der Waals surface area contributed by atoms with Gasteiger partial charge in [-0.2, -0.15) is 0 Å². The fourth-order valence-corrected chi connectivity index (χ4v) is 4.69. The van der Waals surface area contributed by atoms with E-state index in [2.05, 4.69) is 0 Å². The number of benzene rings is 2. The molecule has 2 unspecified atom stereocenters. The van der Waals surface area contributed by atoms with Crippen LogP contribution in [0.25, 0.3) is 0 Å². The van der Waals surface area contributed by atoms with E-state index in [4.69, 9.17) is 9.47 Å². The summed E-state index contributed by atoms with van der Waals surface area (Å²) in [5, 5.41) is 11.4. The molecule has 2 heterocycles. The third kappa shape index (κ3) is 3.59. The Hall–Kier alpha value is -2.53. The zero-order valence-corrected chi connectivity index (χ0v) is 16.4. The summed E-state index contributed by atoms with van der Waals surface area (Å²) < 4.78 is 10.9. The molecular weight excluding hydrogens is 354 g/mol. The predicted octanol–water partition coefficient (Wildman–Crippen LogP) is 4.15. The number of piperidine rings is 1. The topological polar surface area (TPSA) is 59.0 Å². The molecular formula is C23H27NO4. The second-order valence-corrected chi connectivity index (χ2v) is 8.01. The van der Waals surface area contributed by atoms with Crippen LogP contribution in [0.1, 0.15) is 42.4 Å². The highest BCUT2D eigenvalue weighted by molar-refractivity contribution is 5.69. The fraction of sp³-hybridized carbons (Fsp3) is 0.435. The van der Waals surface area contributed by atoms with Gasteiger partial charge in [0, 0.05) is 24.9 Å². The number of aliphatic hydroxyl groups is 1. The maximum Gasteiger partial charge on any atom is 0.410 e. The first kappa shape index (κ1) is 18.8. The van der Waals surface area contributed by atoms with Crippen LogP contribution < -0.4 is 4.74 Å². The van der Waals surface area contributed by atoms with Gasteiger partial charge in [0.05, 0.1) is 12.7 Å². The zero-order chi connectivity index (χ0) is 19.7. The summed E-state index contributed by atoms with van der Waals surface area (Å²) in [6.07, 6.45) is 2.57. The van der Waals surface area contributed by atoms with Gasteiger partial charge in [0.2, 0.25) is 0 Å². The smallest absolute Gasteiger partial charge is 0.410 e. The Balaban J connectivity index is 1.48. The number of aryl methyl sites for hydroxylation is 1. The SMILES string of the molecule is COc1cc(C)cc(C2(O)CC3CCC(C2)N3C(=O)OCc2ccccc2)c1. The molecule has 2 saturated heterocycles. The van der Waals surface area contributed by atoms with Gasteiger partial charge in [-0.25, -0.2) is 4.79 Å². The minimum absolute atomic E-state index is 0.00136. The van der Waals surface area contributed by atoms with Gasteiger partial charge in [0.25, 0.3) is 0 Å². The monoisotopic (exact) mass is 381 g/mol. The van der Waals surface area contributed by atoms with Crippen molar-refractivity contribution in [3.63, 3.8) is 0 Å². The van der Waals surface area contributed by atoms with Crippen LogP contribution in [0.5, 0.6) is 5.75 Å². The summed E-state index contributed by atoms with van der Waals surface area (Å²) in [6, 6.07) is 15.6. The quantitative estimate of drug-likeness (QED) is 0.864. The molecule has 148 valence electrons. The van der Waals surface area contributed by atoms with Crippen molar-refractivity contribution in [3.05, 3.63) is 65.2 Å². The number of ether oxygens (including phenoxy) is 2. The molecule has 0 saturated carbocycles. The van der Waals surface area contributed by atoms with Gasteiger partial charge in [-0.3, -0.25) is 0 Å². The van der Waals surface area contributed by atoms with Gasteiger partial charge >= 0.3 is 6.09 Å². The highest BCUT2D eigenvalue weighted by Crippen LogP contribution is 2.46. The molecule has 2 aromatic carbocycles. The number of carbonyl (C=O) groups is 1. The van der Waals surface area contributed by atoms with Crippen LogP contribution in [0, 0.1) is 6.92 Å². The second-order valence-electron chi connectivity index (χ2n) is 8.01. The first-order valence-corrected chi connectivity index (χ1v) is 9.86. The van der Waals surface area contributed by atoms with E-state index >= 15 is 0 Å². The average molecular weight is 381 g/mol. The number of amides is 1. The molecule has 2 fully saturated rings. The van der Waals surface area contributed by atoms with Crippen molar-refractivity contribution < 1.29 is 19.4 Å². The van der Waals surface area contributed by atoms with Crippen LogP contribution >= 0.6 is 0 Å². The number of fused-ring (bicyclic) bond motifs is 2. The number of nitrogens with zero attached hydrogens (tertiary/aromatic N) is 1. The number of hydrogen-bond donors (Lipinski definition) is 1. The lowest BCUT2D eigenvalue weighted by Gasteiger charge is -2.43. The summed E-state index contributed by atoms with van der Waals surface area (Å²) in [6.45, 7) is 2.27. The molecule has 5 heteroatoms. The lowest BCUT2D eigenvalue weighted by molar-refractivity contribution is -0.0538. The molecule has 0 aliphatic carbocycles. The molecule has 0 aromatic heterocycles. The third-order valence-electron chi connectivity index (χ3n) is 6.01. The number of hydrogen-bond acceptors (Lipinski definition) is 4. The van der Waals surface area contributed by atoms with E-state index in [-0.39, 0.29) is 24.8 Å². The van der Waals surface area contributed by atoms with Crippen molar-refractivity contribution in [2.45, 2.75) is 56.9 Å². The highest BCUT2D eigenvalue weighted by atomic mass is 16.6. The Labute approximate surface area is 165 Å². The lowest BCUT2D eigenvalue weighted by Crippen LogP contribution is -2.52. The molecule has 2 bridgehead atoms. The van der Waals surface area contributed by atoms with E-state index in [0.717, 1.165) is 35.3 Å². The Kier molecular flexibility index (Phi) is 5.02. The molecule has 28 heavy (non-hydrogen) atoms. The molecule has 2 aliphatic heterocycles. The molecule has 0 spiro atoms.